The summed E-state index contributed by atoms with van der Waals surface area (Å²) >= 11 is 0. The number of aliphatic carboxylic acids is 1. The van der Waals surface area contributed by atoms with Gasteiger partial charge in [-0.15, -0.1) is 0 Å². The zero-order valence-corrected chi connectivity index (χ0v) is 7.83. The molecule has 0 spiro atoms. The molecule has 1 amide bonds. The zero-order valence-electron chi connectivity index (χ0n) is 7.83. The Balaban J connectivity index is 2.88. The highest BCUT2D eigenvalue weighted by Crippen LogP contribution is 2.23. The SMILES string of the molecule is CCCN1C(=O)CC(C(=O)O)=C1C. The average Bonchev–Trinajstić information content (AvgIpc) is 2.32. The van der Waals surface area contributed by atoms with Gasteiger partial charge in [-0.25, -0.2) is 4.79 Å². The van der Waals surface area contributed by atoms with Crippen molar-refractivity contribution in [3.05, 3.63) is 11.3 Å². The first-order valence-electron chi connectivity index (χ1n) is 4.31. The Bertz CT molecular complexity index is 281. The lowest BCUT2D eigenvalue weighted by Gasteiger charge is -2.16. The first-order valence-corrected chi connectivity index (χ1v) is 4.31. The minimum Gasteiger partial charge on any atom is -0.478 e. The van der Waals surface area contributed by atoms with Crippen LogP contribution in [-0.4, -0.2) is 28.4 Å². The number of amides is 1. The van der Waals surface area contributed by atoms with E-state index in [0.29, 0.717) is 12.2 Å². The van der Waals surface area contributed by atoms with Crippen molar-refractivity contribution in [2.75, 3.05) is 6.54 Å². The van der Waals surface area contributed by atoms with Gasteiger partial charge in [-0.1, -0.05) is 6.92 Å². The van der Waals surface area contributed by atoms with Crippen molar-refractivity contribution >= 4 is 11.9 Å². The number of hydrogen-bond donors (Lipinski definition) is 1. The molecule has 0 saturated carbocycles. The lowest BCUT2D eigenvalue weighted by molar-refractivity contribution is -0.134. The molecule has 1 heterocycles. The summed E-state index contributed by atoms with van der Waals surface area (Å²) in [4.78, 5) is 23.5. The molecular weight excluding hydrogens is 170 g/mol. The predicted octanol–water partition coefficient (Wildman–Crippen LogP) is 0.987. The second kappa shape index (κ2) is 3.60. The van der Waals surface area contributed by atoms with Gasteiger partial charge in [0.15, 0.2) is 0 Å². The highest BCUT2D eigenvalue weighted by atomic mass is 16.4. The fraction of sp³-hybridized carbons (Fsp3) is 0.556. The maximum atomic E-state index is 11.3. The fourth-order valence-corrected chi connectivity index (χ4v) is 1.47. The van der Waals surface area contributed by atoms with Gasteiger partial charge in [-0.3, -0.25) is 4.79 Å². The molecule has 0 unspecified atom stereocenters. The first kappa shape index (κ1) is 9.77. The average molecular weight is 183 g/mol. The van der Waals surface area contributed by atoms with Crippen LogP contribution in [0.5, 0.6) is 0 Å². The van der Waals surface area contributed by atoms with Crippen LogP contribution in [0.25, 0.3) is 0 Å². The topological polar surface area (TPSA) is 57.6 Å². The summed E-state index contributed by atoms with van der Waals surface area (Å²) in [7, 11) is 0. The van der Waals surface area contributed by atoms with E-state index >= 15 is 0 Å². The van der Waals surface area contributed by atoms with Crippen LogP contribution in [0.2, 0.25) is 0 Å². The summed E-state index contributed by atoms with van der Waals surface area (Å²) in [5.74, 6) is -1.08. The van der Waals surface area contributed by atoms with E-state index in [1.807, 2.05) is 6.92 Å². The van der Waals surface area contributed by atoms with Crippen LogP contribution in [0.4, 0.5) is 0 Å². The van der Waals surface area contributed by atoms with E-state index in [1.165, 1.54) is 0 Å². The van der Waals surface area contributed by atoms with Crippen LogP contribution in [-0.2, 0) is 9.59 Å². The molecule has 1 aliphatic heterocycles. The van der Waals surface area contributed by atoms with Gasteiger partial charge in [0.1, 0.15) is 0 Å². The van der Waals surface area contributed by atoms with Gasteiger partial charge < -0.3 is 10.0 Å². The van der Waals surface area contributed by atoms with Gasteiger partial charge in [-0.2, -0.15) is 0 Å². The summed E-state index contributed by atoms with van der Waals surface area (Å²) in [6, 6.07) is 0. The molecule has 13 heavy (non-hydrogen) atoms. The largest absolute Gasteiger partial charge is 0.478 e. The number of nitrogens with zero attached hydrogens (tertiary/aromatic N) is 1. The van der Waals surface area contributed by atoms with E-state index in [9.17, 15) is 9.59 Å². The van der Waals surface area contributed by atoms with E-state index < -0.39 is 5.97 Å². The zero-order chi connectivity index (χ0) is 10.0. The van der Waals surface area contributed by atoms with E-state index in [2.05, 4.69) is 0 Å². The van der Waals surface area contributed by atoms with Crippen molar-refractivity contribution in [1.29, 1.82) is 0 Å². The quantitative estimate of drug-likeness (QED) is 0.709. The lowest BCUT2D eigenvalue weighted by atomic mass is 10.2. The van der Waals surface area contributed by atoms with E-state index in [0.717, 1.165) is 6.42 Å². The molecule has 0 radical (unpaired) electrons. The van der Waals surface area contributed by atoms with Crippen molar-refractivity contribution in [3.63, 3.8) is 0 Å². The molecule has 1 N–H and O–H groups in total. The molecule has 0 bridgehead atoms. The summed E-state index contributed by atoms with van der Waals surface area (Å²) in [6.45, 7) is 4.25. The van der Waals surface area contributed by atoms with Crippen LogP contribution >= 0.6 is 0 Å². The Hall–Kier alpha value is -1.32. The van der Waals surface area contributed by atoms with Crippen LogP contribution in [0.15, 0.2) is 11.3 Å². The highest BCUT2D eigenvalue weighted by molar-refractivity contribution is 5.99. The van der Waals surface area contributed by atoms with Gasteiger partial charge in [0.2, 0.25) is 5.91 Å². The number of carbonyl (C=O) groups is 2. The molecule has 4 nitrogen and oxygen atoms in total. The molecule has 0 aliphatic carbocycles. The number of carboxylic acids is 1. The van der Waals surface area contributed by atoms with E-state index in [-0.39, 0.29) is 17.9 Å². The summed E-state index contributed by atoms with van der Waals surface area (Å²) in [5.41, 5.74) is 0.831. The molecule has 4 heteroatoms. The van der Waals surface area contributed by atoms with Gasteiger partial charge in [-0.05, 0) is 13.3 Å². The Morgan fingerprint density at radius 1 is 1.62 bits per heavy atom. The minimum atomic E-state index is -0.982. The smallest absolute Gasteiger partial charge is 0.333 e. The second-order valence-electron chi connectivity index (χ2n) is 3.09. The normalized spacial score (nSPS) is 17.1. The summed E-state index contributed by atoms with van der Waals surface area (Å²) in [5, 5.41) is 8.75. The Kier molecular flexibility index (Phi) is 2.70. The third kappa shape index (κ3) is 1.71. The summed E-state index contributed by atoms with van der Waals surface area (Å²) < 4.78 is 0. The van der Waals surface area contributed by atoms with Gasteiger partial charge in [0.05, 0.1) is 12.0 Å². The molecule has 72 valence electrons. The first-order chi connectivity index (χ1) is 6.07. The van der Waals surface area contributed by atoms with Crippen molar-refractivity contribution in [2.45, 2.75) is 26.7 Å². The number of hydrogen-bond acceptors (Lipinski definition) is 2. The third-order valence-corrected chi connectivity index (χ3v) is 2.18. The standard InChI is InChI=1S/C9H13NO3/c1-3-4-10-6(2)7(9(12)13)5-8(10)11/h3-5H2,1-2H3,(H,12,13). The Labute approximate surface area is 76.8 Å². The number of carbonyl (C=O) groups excluding carboxylic acids is 1. The second-order valence-corrected chi connectivity index (χ2v) is 3.09. The van der Waals surface area contributed by atoms with E-state index in [4.69, 9.17) is 5.11 Å². The maximum Gasteiger partial charge on any atom is 0.333 e. The molecule has 0 atom stereocenters. The Morgan fingerprint density at radius 2 is 2.23 bits per heavy atom. The van der Waals surface area contributed by atoms with Crippen LogP contribution in [0.1, 0.15) is 26.7 Å². The Morgan fingerprint density at radius 3 is 2.62 bits per heavy atom. The van der Waals surface area contributed by atoms with Crippen molar-refractivity contribution in [3.8, 4) is 0 Å². The maximum absolute atomic E-state index is 11.3. The fourth-order valence-electron chi connectivity index (χ4n) is 1.47. The monoisotopic (exact) mass is 183 g/mol. The predicted molar refractivity (Wildman–Crippen MR) is 47.0 cm³/mol. The molecule has 0 fully saturated rings. The van der Waals surface area contributed by atoms with Gasteiger partial charge in [0.25, 0.3) is 0 Å². The lowest BCUT2D eigenvalue weighted by Crippen LogP contribution is -2.24. The molecule has 0 saturated heterocycles. The van der Waals surface area contributed by atoms with Crippen LogP contribution in [0.3, 0.4) is 0 Å². The molecule has 0 aromatic rings. The van der Waals surface area contributed by atoms with Crippen LogP contribution in [0, 0.1) is 0 Å². The third-order valence-electron chi connectivity index (χ3n) is 2.18. The van der Waals surface area contributed by atoms with Crippen molar-refractivity contribution in [1.82, 2.24) is 4.90 Å². The molecule has 0 aromatic heterocycles. The number of rotatable bonds is 3. The highest BCUT2D eigenvalue weighted by Gasteiger charge is 2.29. The van der Waals surface area contributed by atoms with Gasteiger partial charge >= 0.3 is 5.97 Å². The molecule has 1 rings (SSSR count). The number of allylic oxidation sites excluding steroid dienone is 1. The van der Waals surface area contributed by atoms with Crippen LogP contribution < -0.4 is 0 Å². The van der Waals surface area contributed by atoms with E-state index in [1.54, 1.807) is 11.8 Å². The molecule has 0 aromatic carbocycles. The summed E-state index contributed by atoms with van der Waals surface area (Å²) in [6.07, 6.45) is 0.886. The molecular formula is C9H13NO3. The van der Waals surface area contributed by atoms with Gasteiger partial charge in [0, 0.05) is 12.2 Å². The van der Waals surface area contributed by atoms with Crippen molar-refractivity contribution < 1.29 is 14.7 Å². The van der Waals surface area contributed by atoms with Crippen molar-refractivity contribution in [2.24, 2.45) is 0 Å². The number of carboxylic acid groups (broad SMARTS) is 1. The molecule has 1 aliphatic rings. The minimum absolute atomic E-state index is 0.0428.